The number of hydrogen-bond donors (Lipinski definition) is 1. The van der Waals surface area contributed by atoms with Gasteiger partial charge in [0, 0.05) is 26.2 Å². The lowest BCUT2D eigenvalue weighted by atomic mass is 9.88. The van der Waals surface area contributed by atoms with Gasteiger partial charge in [-0.2, -0.15) is 0 Å². The summed E-state index contributed by atoms with van der Waals surface area (Å²) in [5, 5.41) is 3.36. The second kappa shape index (κ2) is 6.06. The first kappa shape index (κ1) is 14.4. The van der Waals surface area contributed by atoms with Gasteiger partial charge in [0.2, 0.25) is 0 Å². The maximum absolute atomic E-state index is 12.6. The van der Waals surface area contributed by atoms with Crippen molar-refractivity contribution in [3.8, 4) is 0 Å². The molecule has 0 radical (unpaired) electrons. The van der Waals surface area contributed by atoms with E-state index in [9.17, 15) is 4.79 Å². The Labute approximate surface area is 127 Å². The van der Waals surface area contributed by atoms with Crippen LogP contribution in [0.2, 0.25) is 0 Å². The highest BCUT2D eigenvalue weighted by Gasteiger charge is 2.38. The van der Waals surface area contributed by atoms with Gasteiger partial charge in [0.25, 0.3) is 0 Å². The first-order valence-electron chi connectivity index (χ1n) is 8.01. The predicted octanol–water partition coefficient (Wildman–Crippen LogP) is 2.41. The van der Waals surface area contributed by atoms with Crippen molar-refractivity contribution in [3.63, 3.8) is 0 Å². The number of urea groups is 1. The number of carbonyl (C=O) groups is 1. The fourth-order valence-electron chi connectivity index (χ4n) is 3.51. The lowest BCUT2D eigenvalue weighted by Gasteiger charge is -2.37. The van der Waals surface area contributed by atoms with Crippen molar-refractivity contribution in [2.24, 2.45) is 0 Å². The topological polar surface area (TPSA) is 35.6 Å². The molecule has 0 aromatic heterocycles. The molecule has 4 heteroatoms. The Kier molecular flexibility index (Phi) is 4.15. The van der Waals surface area contributed by atoms with Crippen LogP contribution < -0.4 is 5.32 Å². The van der Waals surface area contributed by atoms with Crippen molar-refractivity contribution in [1.82, 2.24) is 15.1 Å². The Morgan fingerprint density at radius 3 is 2.29 bits per heavy atom. The minimum atomic E-state index is -0.151. The van der Waals surface area contributed by atoms with Crippen LogP contribution >= 0.6 is 0 Å². The molecule has 4 nitrogen and oxygen atoms in total. The summed E-state index contributed by atoms with van der Waals surface area (Å²) in [5.41, 5.74) is 1.10. The number of likely N-dealkylation sites (N-methyl/N-ethyl adjacent to an activating group) is 1. The molecule has 2 aliphatic rings. The summed E-state index contributed by atoms with van der Waals surface area (Å²) in [5.74, 6) is 0. The van der Waals surface area contributed by atoms with Crippen LogP contribution in [0, 0.1) is 0 Å². The van der Waals surface area contributed by atoms with E-state index in [1.165, 1.54) is 18.4 Å². The molecule has 2 fully saturated rings. The van der Waals surface area contributed by atoms with Gasteiger partial charge < -0.3 is 15.1 Å². The number of piperazine rings is 1. The number of amides is 2. The fourth-order valence-corrected chi connectivity index (χ4v) is 3.51. The average Bonchev–Trinajstić information content (AvgIpc) is 2.98. The number of hydrogen-bond acceptors (Lipinski definition) is 2. The van der Waals surface area contributed by atoms with Crippen LogP contribution in [0.5, 0.6) is 0 Å². The molecule has 0 unspecified atom stereocenters. The van der Waals surface area contributed by atoms with Crippen molar-refractivity contribution in [1.29, 1.82) is 0 Å². The number of rotatable bonds is 2. The number of benzene rings is 1. The van der Waals surface area contributed by atoms with Crippen molar-refractivity contribution in [3.05, 3.63) is 35.9 Å². The molecule has 21 heavy (non-hydrogen) atoms. The summed E-state index contributed by atoms with van der Waals surface area (Å²) < 4.78 is 0. The quantitative estimate of drug-likeness (QED) is 0.906. The average molecular weight is 287 g/mol. The van der Waals surface area contributed by atoms with Crippen molar-refractivity contribution in [2.45, 2.75) is 31.2 Å². The van der Waals surface area contributed by atoms with Gasteiger partial charge in [-0.05, 0) is 25.5 Å². The summed E-state index contributed by atoms with van der Waals surface area (Å²) in [6.45, 7) is 3.58. The number of nitrogens with zero attached hydrogens (tertiary/aromatic N) is 2. The minimum absolute atomic E-state index is 0.105. The molecule has 1 saturated carbocycles. The van der Waals surface area contributed by atoms with Gasteiger partial charge in [-0.15, -0.1) is 0 Å². The normalized spacial score (nSPS) is 22.2. The molecule has 1 saturated heterocycles. The zero-order valence-electron chi connectivity index (χ0n) is 12.8. The molecular weight excluding hydrogens is 262 g/mol. The van der Waals surface area contributed by atoms with Crippen molar-refractivity contribution >= 4 is 6.03 Å². The molecule has 0 bridgehead atoms. The van der Waals surface area contributed by atoms with E-state index in [0.29, 0.717) is 0 Å². The Hall–Kier alpha value is -1.55. The Bertz CT molecular complexity index is 474. The van der Waals surface area contributed by atoms with Crippen LogP contribution in [0.1, 0.15) is 31.2 Å². The van der Waals surface area contributed by atoms with Crippen LogP contribution in [0.25, 0.3) is 0 Å². The van der Waals surface area contributed by atoms with E-state index < -0.39 is 0 Å². The molecule has 0 atom stereocenters. The van der Waals surface area contributed by atoms with Crippen LogP contribution in [0.3, 0.4) is 0 Å². The molecular formula is C17H25N3O. The molecule has 114 valence electrons. The number of nitrogens with one attached hydrogen (secondary N) is 1. The molecule has 0 spiro atoms. The number of carbonyl (C=O) groups excluding carboxylic acids is 1. The van der Waals surface area contributed by atoms with Gasteiger partial charge >= 0.3 is 6.03 Å². The van der Waals surface area contributed by atoms with Crippen molar-refractivity contribution in [2.75, 3.05) is 33.2 Å². The summed E-state index contributed by atoms with van der Waals surface area (Å²) in [4.78, 5) is 16.9. The third-order valence-electron chi connectivity index (χ3n) is 4.92. The standard InChI is InChI=1S/C17H25N3O/c1-19-11-13-20(14-12-19)16(21)18-17(9-5-6-10-17)15-7-3-2-4-8-15/h2-4,7-8H,5-6,9-14H2,1H3,(H,18,21). The van der Waals surface area contributed by atoms with Crippen molar-refractivity contribution < 1.29 is 4.79 Å². The second-order valence-electron chi connectivity index (χ2n) is 6.38. The Morgan fingerprint density at radius 1 is 1.05 bits per heavy atom. The van der Waals surface area contributed by atoms with Crippen LogP contribution in [-0.2, 0) is 5.54 Å². The van der Waals surface area contributed by atoms with E-state index in [-0.39, 0.29) is 11.6 Å². The summed E-state index contributed by atoms with van der Waals surface area (Å²) >= 11 is 0. The summed E-state index contributed by atoms with van der Waals surface area (Å²) in [7, 11) is 2.11. The van der Waals surface area contributed by atoms with Gasteiger partial charge in [0.05, 0.1) is 5.54 Å². The third kappa shape index (κ3) is 3.05. The summed E-state index contributed by atoms with van der Waals surface area (Å²) in [6.07, 6.45) is 4.49. The molecule has 1 N–H and O–H groups in total. The van der Waals surface area contributed by atoms with E-state index in [1.54, 1.807) is 0 Å². The van der Waals surface area contributed by atoms with Gasteiger partial charge in [-0.1, -0.05) is 43.2 Å². The van der Waals surface area contributed by atoms with E-state index in [0.717, 1.165) is 39.0 Å². The zero-order valence-corrected chi connectivity index (χ0v) is 12.8. The van der Waals surface area contributed by atoms with E-state index in [4.69, 9.17) is 0 Å². The van der Waals surface area contributed by atoms with Crippen LogP contribution in [0.15, 0.2) is 30.3 Å². The van der Waals surface area contributed by atoms with Gasteiger partial charge in [-0.25, -0.2) is 4.79 Å². The minimum Gasteiger partial charge on any atom is -0.328 e. The van der Waals surface area contributed by atoms with E-state index in [1.807, 2.05) is 11.0 Å². The monoisotopic (exact) mass is 287 g/mol. The molecule has 1 aliphatic carbocycles. The molecule has 1 aliphatic heterocycles. The van der Waals surface area contributed by atoms with Gasteiger partial charge in [-0.3, -0.25) is 0 Å². The fraction of sp³-hybridized carbons (Fsp3) is 0.588. The highest BCUT2D eigenvalue weighted by atomic mass is 16.2. The maximum atomic E-state index is 12.6. The van der Waals surface area contributed by atoms with Crippen LogP contribution in [-0.4, -0.2) is 49.1 Å². The first-order chi connectivity index (χ1) is 10.2. The highest BCUT2D eigenvalue weighted by Crippen LogP contribution is 2.38. The largest absolute Gasteiger partial charge is 0.328 e. The molecule has 2 amide bonds. The molecule has 3 rings (SSSR count). The predicted molar refractivity (Wildman–Crippen MR) is 84.2 cm³/mol. The van der Waals surface area contributed by atoms with E-state index in [2.05, 4.69) is 41.5 Å². The molecule has 1 aromatic rings. The molecule has 1 heterocycles. The van der Waals surface area contributed by atoms with E-state index >= 15 is 0 Å². The maximum Gasteiger partial charge on any atom is 0.318 e. The first-order valence-corrected chi connectivity index (χ1v) is 8.01. The highest BCUT2D eigenvalue weighted by molar-refractivity contribution is 5.75. The Morgan fingerprint density at radius 2 is 1.67 bits per heavy atom. The molecule has 1 aromatic carbocycles. The SMILES string of the molecule is CN1CCN(C(=O)NC2(c3ccccc3)CCCC2)CC1. The second-order valence-corrected chi connectivity index (χ2v) is 6.38. The lowest BCUT2D eigenvalue weighted by molar-refractivity contribution is 0.144. The third-order valence-corrected chi connectivity index (χ3v) is 4.92. The van der Waals surface area contributed by atoms with Crippen LogP contribution in [0.4, 0.5) is 4.79 Å². The lowest BCUT2D eigenvalue weighted by Crippen LogP contribution is -2.55. The van der Waals surface area contributed by atoms with Gasteiger partial charge in [0.1, 0.15) is 0 Å². The zero-order chi connectivity index (χ0) is 14.7. The van der Waals surface area contributed by atoms with Gasteiger partial charge in [0.15, 0.2) is 0 Å². The Balaban J connectivity index is 1.72. The smallest absolute Gasteiger partial charge is 0.318 e. The summed E-state index contributed by atoms with van der Waals surface area (Å²) in [6, 6.07) is 10.6.